The topological polar surface area (TPSA) is 46.3 Å². The number of aryl methyl sites for hydroxylation is 1. The van der Waals surface area contributed by atoms with Gasteiger partial charge in [-0.05, 0) is 38.5 Å². The Balaban J connectivity index is 2.59. The summed E-state index contributed by atoms with van der Waals surface area (Å²) in [6.07, 6.45) is 0. The minimum Gasteiger partial charge on any atom is -0.398 e. The van der Waals surface area contributed by atoms with Crippen molar-refractivity contribution in [1.82, 2.24) is 4.90 Å². The van der Waals surface area contributed by atoms with E-state index in [-0.39, 0.29) is 11.9 Å². The van der Waals surface area contributed by atoms with Gasteiger partial charge in [0.1, 0.15) is 0 Å². The molecule has 0 atom stereocenters. The number of anilines is 1. The van der Waals surface area contributed by atoms with Crippen molar-refractivity contribution in [2.75, 3.05) is 18.5 Å². The molecule has 1 aromatic rings. The molecule has 0 unspecified atom stereocenters. The van der Waals surface area contributed by atoms with Crippen molar-refractivity contribution in [3.8, 4) is 0 Å². The van der Waals surface area contributed by atoms with E-state index in [2.05, 4.69) is 0 Å². The molecular weight excluding hydrogens is 232 g/mol. The summed E-state index contributed by atoms with van der Waals surface area (Å²) in [6.45, 7) is 6.01. The zero-order valence-electron chi connectivity index (χ0n) is 10.9. The molecule has 0 aliphatic rings. The lowest BCUT2D eigenvalue weighted by Crippen LogP contribution is -2.34. The lowest BCUT2D eigenvalue weighted by atomic mass is 10.2. The number of nitrogens with two attached hydrogens (primary N) is 1. The van der Waals surface area contributed by atoms with E-state index in [0.29, 0.717) is 5.75 Å². The maximum absolute atomic E-state index is 11.8. The van der Waals surface area contributed by atoms with Crippen molar-refractivity contribution < 1.29 is 4.79 Å². The molecule has 0 saturated carbocycles. The Hall–Kier alpha value is -1.16. The Bertz CT molecular complexity index is 404. The molecule has 0 heterocycles. The first-order chi connectivity index (χ1) is 7.91. The Labute approximate surface area is 107 Å². The number of benzene rings is 1. The maximum Gasteiger partial charge on any atom is 0.232 e. The third kappa shape index (κ3) is 3.97. The molecule has 1 rings (SSSR count). The van der Waals surface area contributed by atoms with E-state index in [1.807, 2.05) is 46.0 Å². The second-order valence-corrected chi connectivity index (χ2v) is 5.45. The third-order valence-electron chi connectivity index (χ3n) is 2.68. The molecule has 3 nitrogen and oxygen atoms in total. The first-order valence-corrected chi connectivity index (χ1v) is 6.65. The Morgan fingerprint density at radius 2 is 2.12 bits per heavy atom. The van der Waals surface area contributed by atoms with E-state index in [1.165, 1.54) is 11.8 Å². The summed E-state index contributed by atoms with van der Waals surface area (Å²) in [5.41, 5.74) is 7.78. The Morgan fingerprint density at radius 1 is 1.47 bits per heavy atom. The van der Waals surface area contributed by atoms with E-state index < -0.39 is 0 Å². The Morgan fingerprint density at radius 3 is 2.65 bits per heavy atom. The fourth-order valence-electron chi connectivity index (χ4n) is 1.33. The summed E-state index contributed by atoms with van der Waals surface area (Å²) < 4.78 is 0. The normalized spacial score (nSPS) is 10.6. The van der Waals surface area contributed by atoms with Crippen LogP contribution >= 0.6 is 11.8 Å². The average Bonchev–Trinajstić information content (AvgIpc) is 2.26. The molecule has 0 aromatic heterocycles. The molecule has 1 aromatic carbocycles. The molecule has 0 fully saturated rings. The van der Waals surface area contributed by atoms with Crippen LogP contribution in [0.25, 0.3) is 0 Å². The van der Waals surface area contributed by atoms with Gasteiger partial charge >= 0.3 is 0 Å². The number of carbonyl (C=O) groups is 1. The van der Waals surface area contributed by atoms with Crippen LogP contribution in [0.4, 0.5) is 5.69 Å². The van der Waals surface area contributed by atoms with Crippen LogP contribution in [0.15, 0.2) is 23.1 Å². The highest BCUT2D eigenvalue weighted by molar-refractivity contribution is 8.00. The quantitative estimate of drug-likeness (QED) is 0.661. The molecule has 17 heavy (non-hydrogen) atoms. The zero-order chi connectivity index (χ0) is 13.0. The highest BCUT2D eigenvalue weighted by atomic mass is 32.2. The Kier molecular flexibility index (Phi) is 4.87. The first kappa shape index (κ1) is 13.9. The van der Waals surface area contributed by atoms with Gasteiger partial charge in [0.2, 0.25) is 5.91 Å². The van der Waals surface area contributed by atoms with E-state index in [1.54, 1.807) is 4.90 Å². The van der Waals surface area contributed by atoms with Crippen LogP contribution in [0, 0.1) is 6.92 Å². The van der Waals surface area contributed by atoms with Gasteiger partial charge in [-0.2, -0.15) is 0 Å². The van der Waals surface area contributed by atoms with E-state index in [4.69, 9.17) is 5.73 Å². The molecule has 0 spiro atoms. The monoisotopic (exact) mass is 252 g/mol. The number of nitrogens with zero attached hydrogens (tertiary/aromatic N) is 1. The molecule has 1 amide bonds. The largest absolute Gasteiger partial charge is 0.398 e. The average molecular weight is 252 g/mol. The van der Waals surface area contributed by atoms with Crippen LogP contribution < -0.4 is 5.73 Å². The minimum atomic E-state index is 0.130. The summed E-state index contributed by atoms with van der Waals surface area (Å²) in [4.78, 5) is 14.5. The molecule has 0 aliphatic carbocycles. The summed E-state index contributed by atoms with van der Waals surface area (Å²) >= 11 is 1.49. The van der Waals surface area contributed by atoms with Gasteiger partial charge in [-0.25, -0.2) is 0 Å². The van der Waals surface area contributed by atoms with E-state index >= 15 is 0 Å². The molecule has 94 valence electrons. The second-order valence-electron chi connectivity index (χ2n) is 4.43. The lowest BCUT2D eigenvalue weighted by Gasteiger charge is -2.21. The number of carbonyl (C=O) groups excluding carboxylic acids is 1. The van der Waals surface area contributed by atoms with Gasteiger partial charge in [-0.1, -0.05) is 6.07 Å². The van der Waals surface area contributed by atoms with Gasteiger partial charge in [0.05, 0.1) is 5.75 Å². The van der Waals surface area contributed by atoms with Gasteiger partial charge in [0.25, 0.3) is 0 Å². The fraction of sp³-hybridized carbons (Fsp3) is 0.462. The van der Waals surface area contributed by atoms with Crippen molar-refractivity contribution >= 4 is 23.4 Å². The van der Waals surface area contributed by atoms with Crippen LogP contribution in [0.2, 0.25) is 0 Å². The van der Waals surface area contributed by atoms with Crippen molar-refractivity contribution in [2.45, 2.75) is 31.7 Å². The lowest BCUT2D eigenvalue weighted by molar-refractivity contribution is -0.128. The van der Waals surface area contributed by atoms with Crippen LogP contribution in [0.3, 0.4) is 0 Å². The molecule has 0 bridgehead atoms. The summed E-state index contributed by atoms with van der Waals surface area (Å²) in [5.74, 6) is 0.562. The predicted octanol–water partition coefficient (Wildman–Crippen LogP) is 2.54. The van der Waals surface area contributed by atoms with Crippen LogP contribution in [0.5, 0.6) is 0 Å². The number of rotatable bonds is 4. The van der Waals surface area contributed by atoms with Gasteiger partial charge in [0.15, 0.2) is 0 Å². The van der Waals surface area contributed by atoms with E-state index in [9.17, 15) is 4.79 Å². The molecular formula is C13H20N2OS. The molecule has 4 heteroatoms. The van der Waals surface area contributed by atoms with Crippen LogP contribution in [-0.4, -0.2) is 29.6 Å². The van der Waals surface area contributed by atoms with Crippen molar-refractivity contribution in [3.05, 3.63) is 23.8 Å². The predicted molar refractivity (Wildman–Crippen MR) is 74.2 cm³/mol. The number of thioether (sulfide) groups is 1. The van der Waals surface area contributed by atoms with E-state index in [0.717, 1.165) is 16.1 Å². The van der Waals surface area contributed by atoms with Crippen molar-refractivity contribution in [2.24, 2.45) is 0 Å². The van der Waals surface area contributed by atoms with Gasteiger partial charge in [-0.15, -0.1) is 11.8 Å². The third-order valence-corrected chi connectivity index (χ3v) is 3.76. The van der Waals surface area contributed by atoms with Crippen molar-refractivity contribution in [1.29, 1.82) is 0 Å². The standard InChI is InChI=1S/C13H20N2OS/c1-9(2)15(4)13(16)8-17-12-6-5-10(3)7-11(12)14/h5-7,9H,8,14H2,1-4H3. The maximum atomic E-state index is 11.8. The van der Waals surface area contributed by atoms with Crippen LogP contribution in [0.1, 0.15) is 19.4 Å². The summed E-state index contributed by atoms with van der Waals surface area (Å²) in [6, 6.07) is 6.14. The molecule has 2 N–H and O–H groups in total. The number of hydrogen-bond acceptors (Lipinski definition) is 3. The zero-order valence-corrected chi connectivity index (χ0v) is 11.7. The highest BCUT2D eigenvalue weighted by Gasteiger charge is 2.12. The second kappa shape index (κ2) is 5.96. The number of hydrogen-bond donors (Lipinski definition) is 1. The smallest absolute Gasteiger partial charge is 0.232 e. The highest BCUT2D eigenvalue weighted by Crippen LogP contribution is 2.25. The number of amides is 1. The molecule has 0 aliphatic heterocycles. The van der Waals surface area contributed by atoms with Gasteiger partial charge < -0.3 is 10.6 Å². The summed E-state index contributed by atoms with van der Waals surface area (Å²) in [7, 11) is 1.83. The van der Waals surface area contributed by atoms with Crippen LogP contribution in [-0.2, 0) is 4.79 Å². The SMILES string of the molecule is Cc1ccc(SCC(=O)N(C)C(C)C)c(N)c1. The van der Waals surface area contributed by atoms with Crippen molar-refractivity contribution in [3.63, 3.8) is 0 Å². The first-order valence-electron chi connectivity index (χ1n) is 5.66. The minimum absolute atomic E-state index is 0.130. The summed E-state index contributed by atoms with van der Waals surface area (Å²) in [5, 5.41) is 0. The number of nitrogen functional groups attached to an aromatic ring is 1. The molecule has 0 radical (unpaired) electrons. The van der Waals surface area contributed by atoms with Gasteiger partial charge in [-0.3, -0.25) is 4.79 Å². The fourth-order valence-corrected chi connectivity index (χ4v) is 2.20. The molecule has 0 saturated heterocycles. The van der Waals surface area contributed by atoms with Gasteiger partial charge in [0, 0.05) is 23.7 Å².